The minimum atomic E-state index is -1.15. The SMILES string of the molecule is CC(O)C(=O)OC(c1ccccc1)c1ccc(CCN)cc1. The molecule has 2 rings (SSSR count). The Bertz CT molecular complexity index is 593. The van der Waals surface area contributed by atoms with Crippen molar-refractivity contribution in [3.05, 3.63) is 71.3 Å². The van der Waals surface area contributed by atoms with Crippen molar-refractivity contribution in [2.75, 3.05) is 6.54 Å². The van der Waals surface area contributed by atoms with Crippen LogP contribution in [0.3, 0.4) is 0 Å². The summed E-state index contributed by atoms with van der Waals surface area (Å²) in [5, 5.41) is 9.39. The van der Waals surface area contributed by atoms with Gasteiger partial charge in [-0.3, -0.25) is 0 Å². The van der Waals surface area contributed by atoms with Crippen molar-refractivity contribution in [3.8, 4) is 0 Å². The van der Waals surface area contributed by atoms with Gasteiger partial charge >= 0.3 is 5.97 Å². The van der Waals surface area contributed by atoms with Gasteiger partial charge in [-0.2, -0.15) is 0 Å². The highest BCUT2D eigenvalue weighted by molar-refractivity contribution is 5.74. The monoisotopic (exact) mass is 299 g/mol. The number of hydrogen-bond donors (Lipinski definition) is 2. The number of nitrogens with two attached hydrogens (primary N) is 1. The van der Waals surface area contributed by atoms with Gasteiger partial charge in [0.15, 0.2) is 6.10 Å². The zero-order valence-electron chi connectivity index (χ0n) is 12.6. The molecule has 22 heavy (non-hydrogen) atoms. The van der Waals surface area contributed by atoms with Crippen molar-refractivity contribution >= 4 is 5.97 Å². The topological polar surface area (TPSA) is 72.5 Å². The predicted molar refractivity (Wildman–Crippen MR) is 85.3 cm³/mol. The summed E-state index contributed by atoms with van der Waals surface area (Å²) >= 11 is 0. The van der Waals surface area contributed by atoms with Crippen molar-refractivity contribution < 1.29 is 14.6 Å². The number of carbonyl (C=O) groups is 1. The summed E-state index contributed by atoms with van der Waals surface area (Å²) in [5.41, 5.74) is 8.42. The number of esters is 1. The number of aliphatic hydroxyl groups excluding tert-OH is 1. The quantitative estimate of drug-likeness (QED) is 0.802. The molecule has 2 unspecified atom stereocenters. The summed E-state index contributed by atoms with van der Waals surface area (Å²) < 4.78 is 5.47. The molecular weight excluding hydrogens is 278 g/mol. The van der Waals surface area contributed by atoms with Crippen LogP contribution in [0.25, 0.3) is 0 Å². The molecule has 0 aliphatic carbocycles. The molecule has 3 N–H and O–H groups in total. The summed E-state index contributed by atoms with van der Waals surface area (Å²) in [6, 6.07) is 17.3. The molecule has 0 saturated carbocycles. The second kappa shape index (κ2) is 7.73. The number of aliphatic hydroxyl groups is 1. The van der Waals surface area contributed by atoms with Crippen molar-refractivity contribution in [2.45, 2.75) is 25.6 Å². The molecule has 0 aromatic heterocycles. The van der Waals surface area contributed by atoms with Crippen LogP contribution in [-0.2, 0) is 16.0 Å². The predicted octanol–water partition coefficient (Wildman–Crippen LogP) is 2.20. The minimum absolute atomic E-state index is 0.532. The van der Waals surface area contributed by atoms with Crippen LogP contribution in [0.15, 0.2) is 54.6 Å². The lowest BCUT2D eigenvalue weighted by atomic mass is 9.99. The molecule has 0 radical (unpaired) electrons. The van der Waals surface area contributed by atoms with Gasteiger partial charge in [0.05, 0.1) is 0 Å². The highest BCUT2D eigenvalue weighted by Gasteiger charge is 2.21. The van der Waals surface area contributed by atoms with E-state index >= 15 is 0 Å². The van der Waals surface area contributed by atoms with Crippen molar-refractivity contribution in [1.29, 1.82) is 0 Å². The molecule has 4 heteroatoms. The zero-order chi connectivity index (χ0) is 15.9. The fourth-order valence-electron chi connectivity index (χ4n) is 2.20. The van der Waals surface area contributed by atoms with Crippen LogP contribution in [0.4, 0.5) is 0 Å². The highest BCUT2D eigenvalue weighted by Crippen LogP contribution is 2.26. The van der Waals surface area contributed by atoms with E-state index in [9.17, 15) is 9.90 Å². The Morgan fingerprint density at radius 1 is 1.09 bits per heavy atom. The fraction of sp³-hybridized carbons (Fsp3) is 0.278. The maximum Gasteiger partial charge on any atom is 0.335 e. The molecule has 0 saturated heterocycles. The second-order valence-corrected chi connectivity index (χ2v) is 5.18. The van der Waals surface area contributed by atoms with E-state index in [0.717, 1.165) is 23.1 Å². The van der Waals surface area contributed by atoms with E-state index in [4.69, 9.17) is 10.5 Å². The van der Waals surface area contributed by atoms with E-state index in [2.05, 4.69) is 0 Å². The molecule has 0 aliphatic rings. The van der Waals surface area contributed by atoms with E-state index in [1.54, 1.807) is 0 Å². The molecule has 2 atom stereocenters. The van der Waals surface area contributed by atoms with Crippen LogP contribution in [0.1, 0.15) is 29.7 Å². The van der Waals surface area contributed by atoms with Crippen LogP contribution in [0.5, 0.6) is 0 Å². The maximum atomic E-state index is 11.8. The number of rotatable bonds is 6. The average Bonchev–Trinajstić information content (AvgIpc) is 2.54. The summed E-state index contributed by atoms with van der Waals surface area (Å²) in [6.45, 7) is 1.99. The Morgan fingerprint density at radius 2 is 1.68 bits per heavy atom. The van der Waals surface area contributed by atoms with Crippen LogP contribution in [-0.4, -0.2) is 23.7 Å². The lowest BCUT2D eigenvalue weighted by Crippen LogP contribution is -2.22. The third-order valence-corrected chi connectivity index (χ3v) is 3.39. The molecule has 0 amide bonds. The Morgan fingerprint density at radius 3 is 2.23 bits per heavy atom. The minimum Gasteiger partial charge on any atom is -0.451 e. The lowest BCUT2D eigenvalue weighted by molar-refractivity contribution is -0.156. The highest BCUT2D eigenvalue weighted by atomic mass is 16.6. The van der Waals surface area contributed by atoms with Gasteiger partial charge in [0.2, 0.25) is 0 Å². The van der Waals surface area contributed by atoms with Crippen LogP contribution < -0.4 is 5.73 Å². The van der Waals surface area contributed by atoms with Crippen molar-refractivity contribution in [2.24, 2.45) is 5.73 Å². The van der Waals surface area contributed by atoms with Gasteiger partial charge in [-0.1, -0.05) is 54.6 Å². The number of carbonyl (C=O) groups excluding carboxylic acids is 1. The summed E-state index contributed by atoms with van der Waals surface area (Å²) in [6.07, 6.45) is -0.873. The van der Waals surface area contributed by atoms with Gasteiger partial charge < -0.3 is 15.6 Å². The Hall–Kier alpha value is -2.17. The lowest BCUT2D eigenvalue weighted by Gasteiger charge is -2.20. The first-order valence-corrected chi connectivity index (χ1v) is 7.34. The molecule has 0 heterocycles. The Labute approximate surface area is 130 Å². The van der Waals surface area contributed by atoms with Gasteiger partial charge in [-0.05, 0) is 36.6 Å². The first-order valence-electron chi connectivity index (χ1n) is 7.34. The third kappa shape index (κ3) is 4.16. The Balaban J connectivity index is 2.29. The molecule has 2 aromatic rings. The van der Waals surface area contributed by atoms with Gasteiger partial charge in [0, 0.05) is 0 Å². The van der Waals surface area contributed by atoms with E-state index in [1.165, 1.54) is 6.92 Å². The normalized spacial score (nSPS) is 13.4. The Kier molecular flexibility index (Phi) is 5.69. The first kappa shape index (κ1) is 16.2. The van der Waals surface area contributed by atoms with E-state index < -0.39 is 18.2 Å². The van der Waals surface area contributed by atoms with Gasteiger partial charge in [0.1, 0.15) is 6.10 Å². The summed E-state index contributed by atoms with van der Waals surface area (Å²) in [7, 11) is 0. The maximum absolute atomic E-state index is 11.8. The van der Waals surface area contributed by atoms with E-state index in [0.29, 0.717) is 6.54 Å². The molecule has 116 valence electrons. The number of benzene rings is 2. The molecule has 0 aliphatic heterocycles. The molecule has 4 nitrogen and oxygen atoms in total. The average molecular weight is 299 g/mol. The zero-order valence-corrected chi connectivity index (χ0v) is 12.6. The molecule has 0 bridgehead atoms. The fourth-order valence-corrected chi connectivity index (χ4v) is 2.20. The molecular formula is C18H21NO3. The number of hydrogen-bond acceptors (Lipinski definition) is 4. The smallest absolute Gasteiger partial charge is 0.335 e. The number of ether oxygens (including phenoxy) is 1. The van der Waals surface area contributed by atoms with E-state index in [-0.39, 0.29) is 0 Å². The largest absolute Gasteiger partial charge is 0.451 e. The van der Waals surface area contributed by atoms with Crippen LogP contribution in [0.2, 0.25) is 0 Å². The van der Waals surface area contributed by atoms with Gasteiger partial charge in [-0.15, -0.1) is 0 Å². The van der Waals surface area contributed by atoms with Gasteiger partial charge in [0.25, 0.3) is 0 Å². The standard InChI is InChI=1S/C18H21NO3/c1-13(20)18(21)22-17(15-5-3-2-4-6-15)16-9-7-14(8-10-16)11-12-19/h2-10,13,17,20H,11-12,19H2,1H3. The van der Waals surface area contributed by atoms with Crippen LogP contribution >= 0.6 is 0 Å². The third-order valence-electron chi connectivity index (χ3n) is 3.39. The van der Waals surface area contributed by atoms with Gasteiger partial charge in [-0.25, -0.2) is 4.79 Å². The van der Waals surface area contributed by atoms with E-state index in [1.807, 2.05) is 54.6 Å². The van der Waals surface area contributed by atoms with Crippen molar-refractivity contribution in [3.63, 3.8) is 0 Å². The molecule has 2 aromatic carbocycles. The molecule has 0 spiro atoms. The summed E-state index contributed by atoms with van der Waals surface area (Å²) in [4.78, 5) is 11.8. The first-order chi connectivity index (χ1) is 10.6. The molecule has 0 fully saturated rings. The van der Waals surface area contributed by atoms with Crippen LogP contribution in [0, 0.1) is 0 Å². The summed E-state index contributed by atoms with van der Waals surface area (Å²) in [5.74, 6) is -0.639. The second-order valence-electron chi connectivity index (χ2n) is 5.18. The van der Waals surface area contributed by atoms with Crippen molar-refractivity contribution in [1.82, 2.24) is 0 Å².